The van der Waals surface area contributed by atoms with Crippen LogP contribution in [0.2, 0.25) is 0 Å². The normalized spacial score (nSPS) is 17.1. The van der Waals surface area contributed by atoms with Gasteiger partial charge >= 0.3 is 29.9 Å². The van der Waals surface area contributed by atoms with E-state index < -0.39 is 47.5 Å². The fraction of sp³-hybridized carbons (Fsp3) is 0.419. The van der Waals surface area contributed by atoms with Crippen molar-refractivity contribution in [1.82, 2.24) is 10.6 Å². The van der Waals surface area contributed by atoms with E-state index in [9.17, 15) is 44.1 Å². The molecule has 2 aromatic rings. The summed E-state index contributed by atoms with van der Waals surface area (Å²) in [4.78, 5) is 73.9. The van der Waals surface area contributed by atoms with Crippen molar-refractivity contribution in [1.29, 1.82) is 0 Å². The minimum atomic E-state index is -1.79. The number of carbonyl (C=O) groups is 6. The van der Waals surface area contributed by atoms with Gasteiger partial charge in [-0.25, -0.2) is 14.4 Å². The number of carboxylic acid groups (broad SMARTS) is 3. The molecule has 1 atom stereocenters. The number of nitrogens with one attached hydrogen (secondary N) is 2. The molecule has 236 valence electrons. The maximum absolute atomic E-state index is 13.2. The number of para-hydroxylation sites is 1. The molecule has 1 fully saturated rings. The zero-order valence-electron chi connectivity index (χ0n) is 24.7. The van der Waals surface area contributed by atoms with Gasteiger partial charge in [-0.05, 0) is 82.2 Å². The van der Waals surface area contributed by atoms with Crippen molar-refractivity contribution in [2.75, 3.05) is 11.4 Å². The Hall–Kier alpha value is -4.94. The van der Waals surface area contributed by atoms with E-state index in [0.29, 0.717) is 37.8 Å². The molecule has 5 N–H and O–H groups in total. The number of ether oxygens (including phenoxy) is 1. The van der Waals surface area contributed by atoms with Crippen LogP contribution >= 0.6 is 0 Å². The summed E-state index contributed by atoms with van der Waals surface area (Å²) in [6.45, 7) is 5.35. The number of benzene rings is 2. The number of amides is 3. The Morgan fingerprint density at radius 2 is 1.52 bits per heavy atom. The monoisotopic (exact) mass is 611 g/mol. The largest absolute Gasteiger partial charge is 0.481 e. The minimum absolute atomic E-state index is 0.00962. The van der Waals surface area contributed by atoms with Crippen molar-refractivity contribution < 1.29 is 48.8 Å². The molecular formula is C31H37N3O10. The Morgan fingerprint density at radius 3 is 2.07 bits per heavy atom. The Balaban J connectivity index is 1.81. The molecule has 0 unspecified atom stereocenters. The predicted molar refractivity (Wildman–Crippen MR) is 158 cm³/mol. The Labute approximate surface area is 254 Å². The van der Waals surface area contributed by atoms with Gasteiger partial charge in [0.25, 0.3) is 0 Å². The molecule has 1 aliphatic rings. The number of aromatic carboxylic acids is 1. The highest BCUT2D eigenvalue weighted by Gasteiger charge is 2.30. The second kappa shape index (κ2) is 14.5. The fourth-order valence-corrected chi connectivity index (χ4v) is 4.97. The molecule has 0 aromatic heterocycles. The lowest BCUT2D eigenvalue weighted by molar-refractivity contribution is -0.148. The highest BCUT2D eigenvalue weighted by molar-refractivity contribution is 6.39. The topological polar surface area (TPSA) is 200 Å². The molecule has 0 bridgehead atoms. The van der Waals surface area contributed by atoms with Gasteiger partial charge in [0.2, 0.25) is 5.91 Å². The number of carboxylic acids is 3. The van der Waals surface area contributed by atoms with E-state index in [-0.39, 0.29) is 35.2 Å². The molecule has 1 aliphatic carbocycles. The zero-order valence-corrected chi connectivity index (χ0v) is 24.7. The average Bonchev–Trinajstić information content (AvgIpc) is 2.95. The number of hydrogen-bond acceptors (Lipinski definition) is 7. The molecule has 0 spiro atoms. The first-order valence-corrected chi connectivity index (χ1v) is 14.1. The van der Waals surface area contributed by atoms with Gasteiger partial charge < -0.3 is 30.7 Å². The minimum Gasteiger partial charge on any atom is -0.481 e. The SMILES string of the molecule is CC(C)(C)OC(=O)N[C@@H](Cc1ccc(N(C(=O)C(=O)O)c2ccccc2C(=O)O)cc1)C(=O)NCC1CCC(C(=O)O)CC1. The molecule has 0 aliphatic heterocycles. The van der Waals surface area contributed by atoms with Crippen LogP contribution in [0.25, 0.3) is 0 Å². The van der Waals surface area contributed by atoms with Crippen LogP contribution in [-0.4, -0.2) is 69.3 Å². The summed E-state index contributed by atoms with van der Waals surface area (Å²) in [5.41, 5.74) is -0.613. The lowest BCUT2D eigenvalue weighted by Crippen LogP contribution is -2.50. The number of aliphatic carboxylic acids is 2. The van der Waals surface area contributed by atoms with Crippen molar-refractivity contribution in [2.45, 2.75) is 64.5 Å². The maximum atomic E-state index is 13.2. The van der Waals surface area contributed by atoms with E-state index >= 15 is 0 Å². The molecule has 3 amide bonds. The molecule has 0 saturated heterocycles. The van der Waals surface area contributed by atoms with Crippen LogP contribution in [0, 0.1) is 11.8 Å². The quantitative estimate of drug-likeness (QED) is 0.247. The van der Waals surface area contributed by atoms with E-state index in [1.807, 2.05) is 0 Å². The summed E-state index contributed by atoms with van der Waals surface area (Å²) in [7, 11) is 0. The first-order chi connectivity index (χ1) is 20.7. The summed E-state index contributed by atoms with van der Waals surface area (Å²) in [6, 6.07) is 10.3. The Bertz CT molecular complexity index is 1390. The van der Waals surface area contributed by atoms with Crippen LogP contribution in [0.3, 0.4) is 0 Å². The van der Waals surface area contributed by atoms with E-state index in [0.717, 1.165) is 4.90 Å². The van der Waals surface area contributed by atoms with Crippen LogP contribution in [0.5, 0.6) is 0 Å². The van der Waals surface area contributed by atoms with Crippen molar-refractivity contribution in [3.63, 3.8) is 0 Å². The predicted octanol–water partition coefficient (Wildman–Crippen LogP) is 3.58. The highest BCUT2D eigenvalue weighted by Crippen LogP contribution is 2.30. The summed E-state index contributed by atoms with van der Waals surface area (Å²) in [6.07, 6.45) is 1.56. The molecule has 44 heavy (non-hydrogen) atoms. The van der Waals surface area contributed by atoms with Gasteiger partial charge in [-0.15, -0.1) is 0 Å². The third kappa shape index (κ3) is 9.28. The average molecular weight is 612 g/mol. The van der Waals surface area contributed by atoms with Gasteiger partial charge in [-0.1, -0.05) is 24.3 Å². The van der Waals surface area contributed by atoms with Crippen molar-refractivity contribution in [3.8, 4) is 0 Å². The van der Waals surface area contributed by atoms with Crippen molar-refractivity contribution in [3.05, 3.63) is 59.7 Å². The van der Waals surface area contributed by atoms with Crippen molar-refractivity contribution >= 4 is 47.2 Å². The van der Waals surface area contributed by atoms with Gasteiger partial charge in [0.1, 0.15) is 11.6 Å². The third-order valence-corrected chi connectivity index (χ3v) is 7.16. The molecular weight excluding hydrogens is 574 g/mol. The molecule has 0 heterocycles. The first-order valence-electron chi connectivity index (χ1n) is 14.1. The smallest absolute Gasteiger partial charge is 0.408 e. The molecule has 2 aromatic carbocycles. The second-order valence-corrected chi connectivity index (χ2v) is 11.6. The fourth-order valence-electron chi connectivity index (χ4n) is 4.97. The summed E-state index contributed by atoms with van der Waals surface area (Å²) < 4.78 is 5.33. The number of anilines is 2. The zero-order chi connectivity index (χ0) is 32.6. The first kappa shape index (κ1) is 33.6. The van der Waals surface area contributed by atoms with Crippen LogP contribution in [0.1, 0.15) is 62.4 Å². The molecule has 13 nitrogen and oxygen atoms in total. The Kier molecular flexibility index (Phi) is 11.1. The highest BCUT2D eigenvalue weighted by atomic mass is 16.6. The molecule has 1 saturated carbocycles. The molecule has 13 heteroatoms. The van der Waals surface area contributed by atoms with Crippen molar-refractivity contribution in [2.24, 2.45) is 11.8 Å². The van der Waals surface area contributed by atoms with Gasteiger partial charge in [0, 0.05) is 18.7 Å². The third-order valence-electron chi connectivity index (χ3n) is 7.16. The number of nitrogens with zero attached hydrogens (tertiary/aromatic N) is 1. The van der Waals surface area contributed by atoms with Crippen LogP contribution in [0.15, 0.2) is 48.5 Å². The number of hydrogen-bond donors (Lipinski definition) is 5. The van der Waals surface area contributed by atoms with Gasteiger partial charge in [0.05, 0.1) is 17.2 Å². The molecule has 0 radical (unpaired) electrons. The van der Waals surface area contributed by atoms with Gasteiger partial charge in [-0.3, -0.25) is 19.3 Å². The summed E-state index contributed by atoms with van der Waals surface area (Å²) in [5.74, 6) is -6.08. The van der Waals surface area contributed by atoms with E-state index in [2.05, 4.69) is 10.6 Å². The Morgan fingerprint density at radius 1 is 0.909 bits per heavy atom. The maximum Gasteiger partial charge on any atom is 0.408 e. The van der Waals surface area contributed by atoms with Crippen LogP contribution < -0.4 is 15.5 Å². The number of carbonyl (C=O) groups excluding carboxylic acids is 3. The standard InChI is InChI=1S/C31H37N3O10/c1-31(2,3)44-30(43)33-23(25(35)32-17-19-8-12-20(13-9-19)27(37)38)16-18-10-14-21(15-11-18)34(26(36)29(41)42)24-7-5-4-6-22(24)28(39)40/h4-7,10-11,14-15,19-20,23H,8-9,12-13,16-17H2,1-3H3,(H,32,35)(H,33,43)(H,37,38)(H,39,40)(H,41,42)/t19?,20?,23-/m0/s1. The van der Waals surface area contributed by atoms with E-state index in [4.69, 9.17) is 4.74 Å². The molecule has 3 rings (SSSR count). The van der Waals surface area contributed by atoms with Gasteiger partial charge in [0.15, 0.2) is 0 Å². The summed E-state index contributed by atoms with van der Waals surface area (Å²) >= 11 is 0. The lowest BCUT2D eigenvalue weighted by atomic mass is 9.82. The van der Waals surface area contributed by atoms with E-state index in [1.165, 1.54) is 48.5 Å². The second-order valence-electron chi connectivity index (χ2n) is 11.6. The van der Waals surface area contributed by atoms with E-state index in [1.54, 1.807) is 20.8 Å². The van der Waals surface area contributed by atoms with Crippen LogP contribution in [0.4, 0.5) is 16.2 Å². The summed E-state index contributed by atoms with van der Waals surface area (Å²) in [5, 5.41) is 33.7. The lowest BCUT2D eigenvalue weighted by Gasteiger charge is -2.27. The number of rotatable bonds is 10. The number of alkyl carbamates (subject to hydrolysis) is 1. The van der Waals surface area contributed by atoms with Crippen LogP contribution in [-0.2, 0) is 30.3 Å². The van der Waals surface area contributed by atoms with Gasteiger partial charge in [-0.2, -0.15) is 0 Å².